The Morgan fingerprint density at radius 1 is 1.47 bits per heavy atom. The van der Waals surface area contributed by atoms with E-state index in [1.807, 2.05) is 12.1 Å². The van der Waals surface area contributed by atoms with Crippen LogP contribution >= 0.6 is 34.8 Å². The molecule has 1 rings (SSSR count). The van der Waals surface area contributed by atoms with Crippen LogP contribution in [0.2, 0.25) is 5.02 Å². The van der Waals surface area contributed by atoms with Crippen molar-refractivity contribution in [1.82, 2.24) is 4.90 Å². The number of halogens is 3. The number of carbonyl (C=O) groups excluding carboxylic acids is 1. The van der Waals surface area contributed by atoms with E-state index in [4.69, 9.17) is 34.8 Å². The molecule has 2 nitrogen and oxygen atoms in total. The highest BCUT2D eigenvalue weighted by Gasteiger charge is 2.16. The minimum Gasteiger partial charge on any atom is -0.339 e. The fourth-order valence-corrected chi connectivity index (χ4v) is 1.70. The van der Waals surface area contributed by atoms with Gasteiger partial charge in [-0.1, -0.05) is 46.9 Å². The zero-order chi connectivity index (χ0) is 11.4. The lowest BCUT2D eigenvalue weighted by atomic mass is 10.2. The average Bonchev–Trinajstić information content (AvgIpc) is 2.16. The number of nitrogens with zero attached hydrogens (tertiary/aromatic N) is 1. The van der Waals surface area contributed by atoms with Crippen molar-refractivity contribution < 1.29 is 4.79 Å². The van der Waals surface area contributed by atoms with E-state index in [9.17, 15) is 4.79 Å². The second-order valence-electron chi connectivity index (χ2n) is 3.12. The quantitative estimate of drug-likeness (QED) is 0.770. The molecule has 1 amide bonds. The molecule has 0 aliphatic heterocycles. The predicted octanol–water partition coefficient (Wildman–Crippen LogP) is 3.10. The zero-order valence-electron chi connectivity index (χ0n) is 8.08. The summed E-state index contributed by atoms with van der Waals surface area (Å²) in [5, 5.41) is 0.640. The summed E-state index contributed by atoms with van der Waals surface area (Å²) in [5.41, 5.74) is 0.937. The van der Waals surface area contributed by atoms with Crippen LogP contribution in [0.15, 0.2) is 24.3 Å². The van der Waals surface area contributed by atoms with Crippen molar-refractivity contribution in [3.8, 4) is 0 Å². The maximum Gasteiger partial charge on any atom is 0.255 e. The molecule has 0 N–H and O–H groups in total. The van der Waals surface area contributed by atoms with Gasteiger partial charge in [0.1, 0.15) is 0 Å². The van der Waals surface area contributed by atoms with Gasteiger partial charge in [0.15, 0.2) is 4.84 Å². The molecule has 0 unspecified atom stereocenters. The summed E-state index contributed by atoms with van der Waals surface area (Å²) in [5.74, 6) is -0.321. The Kier molecular flexibility index (Phi) is 4.71. The van der Waals surface area contributed by atoms with Crippen LogP contribution < -0.4 is 0 Å². The first kappa shape index (κ1) is 12.6. The highest BCUT2D eigenvalue weighted by molar-refractivity contribution is 6.53. The van der Waals surface area contributed by atoms with Crippen molar-refractivity contribution >= 4 is 40.7 Å². The summed E-state index contributed by atoms with van der Waals surface area (Å²) in [6, 6.07) is 7.28. The Bertz CT molecular complexity index is 354. The standard InChI is InChI=1S/C10H10Cl3NO/c1-14(10(15)9(12)13)6-7-3-2-4-8(11)5-7/h2-5,9H,6H2,1H3. The molecule has 0 atom stereocenters. The Balaban J connectivity index is 2.66. The van der Waals surface area contributed by atoms with Gasteiger partial charge in [0.2, 0.25) is 0 Å². The molecule has 0 spiro atoms. The first-order chi connectivity index (χ1) is 7.00. The maximum atomic E-state index is 11.4. The van der Waals surface area contributed by atoms with Crippen molar-refractivity contribution in [1.29, 1.82) is 0 Å². The molecule has 0 aliphatic carbocycles. The van der Waals surface area contributed by atoms with Crippen LogP contribution in [0.1, 0.15) is 5.56 Å². The number of hydrogen-bond acceptors (Lipinski definition) is 1. The first-order valence-corrected chi connectivity index (χ1v) is 5.53. The van der Waals surface area contributed by atoms with Gasteiger partial charge in [-0.2, -0.15) is 0 Å². The molecule has 0 saturated heterocycles. The lowest BCUT2D eigenvalue weighted by Gasteiger charge is -2.17. The number of hydrogen-bond donors (Lipinski definition) is 0. The topological polar surface area (TPSA) is 20.3 Å². The monoisotopic (exact) mass is 265 g/mol. The molecule has 0 fully saturated rings. The van der Waals surface area contributed by atoms with Crippen molar-refractivity contribution in [3.63, 3.8) is 0 Å². The van der Waals surface area contributed by atoms with Crippen LogP contribution in [0, 0.1) is 0 Å². The Labute approximate surface area is 104 Å². The van der Waals surface area contributed by atoms with Crippen LogP contribution in [0.5, 0.6) is 0 Å². The second kappa shape index (κ2) is 5.59. The summed E-state index contributed by atoms with van der Waals surface area (Å²) >= 11 is 16.8. The Morgan fingerprint density at radius 3 is 2.67 bits per heavy atom. The third-order valence-electron chi connectivity index (χ3n) is 1.87. The number of amides is 1. The van der Waals surface area contributed by atoms with E-state index in [0.717, 1.165) is 5.56 Å². The summed E-state index contributed by atoms with van der Waals surface area (Å²) in [4.78, 5) is 11.8. The molecule has 5 heteroatoms. The van der Waals surface area contributed by atoms with Gasteiger partial charge >= 0.3 is 0 Å². The minimum absolute atomic E-state index is 0.321. The molecule has 0 aliphatic rings. The fourth-order valence-electron chi connectivity index (χ4n) is 1.15. The normalized spacial score (nSPS) is 10.5. The van der Waals surface area contributed by atoms with Crippen molar-refractivity contribution in [3.05, 3.63) is 34.9 Å². The first-order valence-electron chi connectivity index (χ1n) is 4.28. The van der Waals surface area contributed by atoms with Gasteiger partial charge in [-0.15, -0.1) is 0 Å². The lowest BCUT2D eigenvalue weighted by molar-refractivity contribution is -0.128. The number of alkyl halides is 2. The molecule has 0 saturated carbocycles. The minimum atomic E-state index is -1.02. The molecule has 15 heavy (non-hydrogen) atoms. The van der Waals surface area contributed by atoms with Crippen LogP contribution in [0.3, 0.4) is 0 Å². The van der Waals surface area contributed by atoms with E-state index < -0.39 is 4.84 Å². The summed E-state index contributed by atoms with van der Waals surface area (Å²) in [6.07, 6.45) is 0. The van der Waals surface area contributed by atoms with Gasteiger partial charge < -0.3 is 4.90 Å². The van der Waals surface area contributed by atoms with Gasteiger partial charge in [0.25, 0.3) is 5.91 Å². The van der Waals surface area contributed by atoms with E-state index in [-0.39, 0.29) is 5.91 Å². The third-order valence-corrected chi connectivity index (χ3v) is 2.48. The number of rotatable bonds is 3. The number of carbonyl (C=O) groups is 1. The molecule has 82 valence electrons. The van der Waals surface area contributed by atoms with Gasteiger partial charge in [-0.3, -0.25) is 4.79 Å². The second-order valence-corrected chi connectivity index (χ2v) is 4.66. The van der Waals surface area contributed by atoms with Gasteiger partial charge in [0, 0.05) is 18.6 Å². The molecule has 0 bridgehead atoms. The average molecular weight is 267 g/mol. The highest BCUT2D eigenvalue weighted by atomic mass is 35.5. The van der Waals surface area contributed by atoms with E-state index in [1.54, 1.807) is 19.2 Å². The van der Waals surface area contributed by atoms with Crippen molar-refractivity contribution in [2.75, 3.05) is 7.05 Å². The van der Waals surface area contributed by atoms with Crippen molar-refractivity contribution in [2.45, 2.75) is 11.4 Å². The SMILES string of the molecule is CN(Cc1cccc(Cl)c1)C(=O)C(Cl)Cl. The maximum absolute atomic E-state index is 11.4. The summed E-state index contributed by atoms with van der Waals surface area (Å²) < 4.78 is 0. The van der Waals surface area contributed by atoms with Crippen molar-refractivity contribution in [2.24, 2.45) is 0 Å². The highest BCUT2D eigenvalue weighted by Crippen LogP contribution is 2.13. The Morgan fingerprint density at radius 2 is 2.13 bits per heavy atom. The van der Waals surface area contributed by atoms with Crippen LogP contribution in [-0.2, 0) is 11.3 Å². The van der Waals surface area contributed by atoms with Gasteiger partial charge in [0.05, 0.1) is 0 Å². The molecule has 1 aromatic carbocycles. The fraction of sp³-hybridized carbons (Fsp3) is 0.300. The van der Waals surface area contributed by atoms with Crippen LogP contribution in [0.4, 0.5) is 0 Å². The van der Waals surface area contributed by atoms with E-state index in [0.29, 0.717) is 11.6 Å². The Hall–Kier alpha value is -0.440. The summed E-state index contributed by atoms with van der Waals surface area (Å²) in [7, 11) is 1.64. The van der Waals surface area contributed by atoms with Crippen LogP contribution in [-0.4, -0.2) is 22.7 Å². The van der Waals surface area contributed by atoms with Gasteiger partial charge in [-0.05, 0) is 17.7 Å². The van der Waals surface area contributed by atoms with E-state index >= 15 is 0 Å². The molecule has 0 aromatic heterocycles. The van der Waals surface area contributed by atoms with E-state index in [2.05, 4.69) is 0 Å². The summed E-state index contributed by atoms with van der Waals surface area (Å²) in [6.45, 7) is 0.440. The largest absolute Gasteiger partial charge is 0.339 e. The molecular weight excluding hydrogens is 256 g/mol. The predicted molar refractivity (Wildman–Crippen MR) is 63.4 cm³/mol. The van der Waals surface area contributed by atoms with Crippen LogP contribution in [0.25, 0.3) is 0 Å². The molecular formula is C10H10Cl3NO. The van der Waals surface area contributed by atoms with E-state index in [1.165, 1.54) is 4.90 Å². The van der Waals surface area contributed by atoms with Gasteiger partial charge in [-0.25, -0.2) is 0 Å². The smallest absolute Gasteiger partial charge is 0.255 e. The lowest BCUT2D eigenvalue weighted by Crippen LogP contribution is -2.30. The molecule has 0 radical (unpaired) electrons. The molecule has 0 heterocycles. The third kappa shape index (κ3) is 3.90. The molecule has 1 aromatic rings. The zero-order valence-corrected chi connectivity index (χ0v) is 10.4. The number of benzene rings is 1.